The number of aryl methyl sites for hydroxylation is 1. The van der Waals surface area contributed by atoms with Gasteiger partial charge in [-0.25, -0.2) is 9.82 Å². The van der Waals surface area contributed by atoms with Crippen LogP contribution in [-0.2, 0) is 9.68 Å². The van der Waals surface area contributed by atoms with Crippen molar-refractivity contribution in [3.63, 3.8) is 0 Å². The van der Waals surface area contributed by atoms with E-state index >= 15 is 0 Å². The largest absolute Gasteiger partial charge is 0.322 e. The van der Waals surface area contributed by atoms with Crippen molar-refractivity contribution >= 4 is 103 Å². The molecular weight excluding hydrogens is 899 g/mol. The molecule has 0 radical (unpaired) electrons. The topological polar surface area (TPSA) is 75.0 Å². The predicted molar refractivity (Wildman–Crippen MR) is 287 cm³/mol. The molecule has 10 heteroatoms. The Hall–Kier alpha value is -7.60. The highest BCUT2D eigenvalue weighted by Gasteiger charge is 2.33. The van der Waals surface area contributed by atoms with E-state index in [0.717, 1.165) is 94.8 Å². The molecule has 7 nitrogen and oxygen atoms in total. The van der Waals surface area contributed by atoms with Gasteiger partial charge in [0.15, 0.2) is 0 Å². The first-order chi connectivity index (χ1) is 33.2. The summed E-state index contributed by atoms with van der Waals surface area (Å²) in [5.41, 5.74) is 13.2. The Labute approximate surface area is 408 Å². The first-order valence-electron chi connectivity index (χ1n) is 22.0. The van der Waals surface area contributed by atoms with Gasteiger partial charge in [0.25, 0.3) is 11.5 Å². The zero-order valence-electron chi connectivity index (χ0n) is 37.3. The van der Waals surface area contributed by atoms with Crippen LogP contribution in [0.5, 0.6) is 0 Å². The highest BCUT2D eigenvalue weighted by Crippen LogP contribution is 2.37. The van der Waals surface area contributed by atoms with Gasteiger partial charge < -0.3 is 9.79 Å². The molecule has 1 saturated heterocycles. The Morgan fingerprint density at radius 2 is 1.06 bits per heavy atom. The summed E-state index contributed by atoms with van der Waals surface area (Å²) in [5.74, 6) is -0.637. The molecule has 0 aliphatic carbocycles. The third-order valence-corrected chi connectivity index (χ3v) is 14.2. The summed E-state index contributed by atoms with van der Waals surface area (Å²) in [6, 6.07) is 65.0. The standard InChI is InChI=1S/C58H45N3O4S3/c1-4-59-56(63)54(68-58(59)66)57-60(40(3)65-64)55(62)53(67-57)38-43-26-34-50(35-27-43)61(48-30-22-41(23-31-48)36-51(44-14-8-5-9-15-44)45-16-10-6-11-17-45)49-32-24-42(25-33-49)37-52(46-18-12-7-13-19-46)47-28-20-39(2)21-29-47/h5-38,64H,3-4H2,1-2H3/b52-37+,53-38?,57-54+. The van der Waals surface area contributed by atoms with Crippen molar-refractivity contribution in [3.8, 4) is 0 Å². The van der Waals surface area contributed by atoms with Crippen molar-refractivity contribution < 1.29 is 14.9 Å². The van der Waals surface area contributed by atoms with Crippen LogP contribution in [0, 0.1) is 6.92 Å². The lowest BCUT2D eigenvalue weighted by Crippen LogP contribution is -2.33. The van der Waals surface area contributed by atoms with E-state index in [2.05, 4.69) is 181 Å². The molecule has 1 aliphatic rings. The zero-order valence-corrected chi connectivity index (χ0v) is 39.7. The van der Waals surface area contributed by atoms with Crippen LogP contribution < -0.4 is 19.7 Å². The van der Waals surface area contributed by atoms with Crippen molar-refractivity contribution in [2.45, 2.75) is 13.8 Å². The van der Waals surface area contributed by atoms with Crippen molar-refractivity contribution in [1.82, 2.24) is 9.47 Å². The van der Waals surface area contributed by atoms with Gasteiger partial charge in [-0.05, 0) is 125 Å². The molecule has 0 unspecified atom stereocenters. The maximum absolute atomic E-state index is 13.9. The second-order valence-corrected chi connectivity index (χ2v) is 18.7. The molecule has 1 aromatic heterocycles. The maximum atomic E-state index is 13.9. The molecule has 334 valence electrons. The summed E-state index contributed by atoms with van der Waals surface area (Å²) in [5, 5.41) is 9.56. The second kappa shape index (κ2) is 20.5. The first kappa shape index (κ1) is 45.6. The van der Waals surface area contributed by atoms with Crippen LogP contribution in [0.25, 0.3) is 40.2 Å². The lowest BCUT2D eigenvalue weighted by atomic mass is 9.95. The van der Waals surface area contributed by atoms with Gasteiger partial charge in [0.2, 0.25) is 5.88 Å². The smallest absolute Gasteiger partial charge is 0.276 e. The van der Waals surface area contributed by atoms with Gasteiger partial charge in [0.1, 0.15) is 13.9 Å². The number of amides is 1. The number of benzene rings is 7. The third-order valence-electron chi connectivity index (χ3n) is 11.5. The summed E-state index contributed by atoms with van der Waals surface area (Å²) in [6.45, 7) is 8.04. The fraction of sp³-hybridized carbons (Fsp3) is 0.0517. The molecule has 0 spiro atoms. The average Bonchev–Trinajstić information content (AvgIpc) is 3.86. The predicted octanol–water partition coefficient (Wildman–Crippen LogP) is 12.6. The summed E-state index contributed by atoms with van der Waals surface area (Å²) in [7, 11) is 0. The molecule has 1 amide bonds. The third kappa shape index (κ3) is 9.76. The quantitative estimate of drug-likeness (QED) is 0.0406. The Bertz CT molecular complexity index is 3340. The number of nitrogens with zero attached hydrogens (tertiary/aromatic N) is 3. The molecule has 1 fully saturated rings. The van der Waals surface area contributed by atoms with Crippen LogP contribution in [0.1, 0.15) is 51.4 Å². The maximum Gasteiger partial charge on any atom is 0.276 e. The Balaban J connectivity index is 1.12. The van der Waals surface area contributed by atoms with Crippen molar-refractivity contribution in [2.24, 2.45) is 0 Å². The van der Waals surface area contributed by atoms with Crippen molar-refractivity contribution in [1.29, 1.82) is 0 Å². The fourth-order valence-corrected chi connectivity index (χ4v) is 10.7. The van der Waals surface area contributed by atoms with E-state index in [9.17, 15) is 14.8 Å². The van der Waals surface area contributed by atoms with Gasteiger partial charge in [0.05, 0.1) is 4.53 Å². The number of anilines is 3. The normalized spacial score (nSPS) is 13.7. The van der Waals surface area contributed by atoms with Gasteiger partial charge in [-0.15, -0.1) is 11.3 Å². The molecule has 1 N–H and O–H groups in total. The highest BCUT2D eigenvalue weighted by molar-refractivity contribution is 8.30. The minimum atomic E-state index is -0.486. The van der Waals surface area contributed by atoms with E-state index < -0.39 is 5.56 Å². The van der Waals surface area contributed by atoms with E-state index in [1.807, 2.05) is 49.4 Å². The van der Waals surface area contributed by atoms with Gasteiger partial charge in [-0.1, -0.05) is 181 Å². The Morgan fingerprint density at radius 3 is 1.47 bits per heavy atom. The van der Waals surface area contributed by atoms with Crippen molar-refractivity contribution in [3.05, 3.63) is 259 Å². The van der Waals surface area contributed by atoms with E-state index in [0.29, 0.717) is 15.4 Å². The number of hydrogen-bond acceptors (Lipinski definition) is 8. The minimum Gasteiger partial charge on any atom is -0.322 e. The summed E-state index contributed by atoms with van der Waals surface area (Å²) in [4.78, 5) is 35.5. The molecule has 7 aromatic carbocycles. The molecule has 9 rings (SSSR count). The fourth-order valence-electron chi connectivity index (χ4n) is 8.05. The van der Waals surface area contributed by atoms with E-state index in [1.54, 1.807) is 6.08 Å². The van der Waals surface area contributed by atoms with Crippen LogP contribution in [-0.4, -0.2) is 31.5 Å². The molecule has 0 atom stereocenters. The Kier molecular flexibility index (Phi) is 13.7. The minimum absolute atomic E-state index is 0.272. The molecule has 2 heterocycles. The van der Waals surface area contributed by atoms with Gasteiger partial charge in [-0.3, -0.25) is 14.5 Å². The number of thiazole rings is 1. The van der Waals surface area contributed by atoms with Gasteiger partial charge >= 0.3 is 0 Å². The number of carbonyl (C=O) groups excluding carboxylic acids is 1. The highest BCUT2D eigenvalue weighted by atomic mass is 32.2. The SMILES string of the molecule is C=C(OO)n1c(=O)c(=Cc2ccc(N(c3ccc(C=C(c4ccccc4)c4ccccc4)cc3)c3ccc(/C=C(\c4ccccc4)c4ccc(C)cc4)cc3)cc2)s/c1=C1/SC(=S)N(CC)C1=O. The molecular formula is C58H45N3O4S3. The number of rotatable bonds is 13. The van der Waals surface area contributed by atoms with Crippen LogP contribution in [0.15, 0.2) is 199 Å². The monoisotopic (exact) mass is 943 g/mol. The average molecular weight is 944 g/mol. The van der Waals surface area contributed by atoms with E-state index in [4.69, 9.17) is 12.2 Å². The number of thioether (sulfide) groups is 1. The van der Waals surface area contributed by atoms with Gasteiger partial charge in [-0.2, -0.15) is 0 Å². The van der Waals surface area contributed by atoms with E-state index in [-0.39, 0.29) is 21.4 Å². The summed E-state index contributed by atoms with van der Waals surface area (Å²) >= 11 is 7.66. The molecule has 1 aliphatic heterocycles. The lowest BCUT2D eigenvalue weighted by molar-refractivity contribution is -0.176. The number of hydrogen-bond donors (Lipinski definition) is 1. The molecule has 68 heavy (non-hydrogen) atoms. The Morgan fingerprint density at radius 1 is 0.632 bits per heavy atom. The number of carbonyl (C=O) groups is 1. The van der Waals surface area contributed by atoms with Crippen molar-refractivity contribution in [2.75, 3.05) is 11.4 Å². The zero-order chi connectivity index (χ0) is 47.1. The van der Waals surface area contributed by atoms with Gasteiger partial charge in [0, 0.05) is 23.6 Å². The molecule has 8 aromatic rings. The van der Waals surface area contributed by atoms with Crippen LogP contribution in [0.3, 0.4) is 0 Å². The molecule has 0 saturated carbocycles. The summed E-state index contributed by atoms with van der Waals surface area (Å²) in [6.07, 6.45) is 6.21. The van der Waals surface area contributed by atoms with Crippen LogP contribution in [0.4, 0.5) is 17.1 Å². The number of thiocarbonyl (C=S) groups is 1. The van der Waals surface area contributed by atoms with Crippen LogP contribution in [0.2, 0.25) is 0 Å². The van der Waals surface area contributed by atoms with Crippen LogP contribution >= 0.6 is 35.3 Å². The van der Waals surface area contributed by atoms with E-state index in [1.165, 1.54) is 10.5 Å². The first-order valence-corrected chi connectivity index (χ1v) is 24.0. The lowest BCUT2D eigenvalue weighted by Gasteiger charge is -2.26. The second-order valence-electron chi connectivity index (χ2n) is 16.0. The summed E-state index contributed by atoms with van der Waals surface area (Å²) < 4.78 is 2.10. The molecule has 0 bridgehead atoms. The number of aromatic nitrogens is 1.